The maximum atomic E-state index is 13.6. The lowest BCUT2D eigenvalue weighted by molar-refractivity contribution is -0.135. The first-order valence-electron chi connectivity index (χ1n) is 13.8. The molecule has 1 saturated carbocycles. The average Bonchev–Trinajstić information content (AvgIpc) is 3.55. The molecule has 4 aliphatic rings. The highest BCUT2D eigenvalue weighted by atomic mass is 16.2. The first kappa shape index (κ1) is 23.7. The van der Waals surface area contributed by atoms with E-state index >= 15 is 0 Å². The van der Waals surface area contributed by atoms with Crippen LogP contribution >= 0.6 is 0 Å². The minimum Gasteiger partial charge on any atom is -0.334 e. The zero-order chi connectivity index (χ0) is 24.8. The molecule has 4 fully saturated rings. The number of rotatable bonds is 6. The van der Waals surface area contributed by atoms with E-state index in [0.29, 0.717) is 24.0 Å². The van der Waals surface area contributed by atoms with Crippen molar-refractivity contribution < 1.29 is 9.59 Å². The SMILES string of the molecule is Cc1ccnc(C)c1C(=O)N1[C@@H]2CC[C@H]1CC(N1CC[C@@H](N(Cc3ccccc3)C(=O)C3CC3)C1)C2. The van der Waals surface area contributed by atoms with Crippen molar-refractivity contribution in [1.29, 1.82) is 0 Å². The van der Waals surface area contributed by atoms with Gasteiger partial charge in [0.2, 0.25) is 5.91 Å². The second-order valence-electron chi connectivity index (χ2n) is 11.5. The summed E-state index contributed by atoms with van der Waals surface area (Å²) in [5, 5.41) is 0. The zero-order valence-electron chi connectivity index (χ0n) is 21.6. The molecule has 4 heterocycles. The maximum absolute atomic E-state index is 13.6. The summed E-state index contributed by atoms with van der Waals surface area (Å²) in [6, 6.07) is 13.8. The number of aryl methyl sites for hydroxylation is 2. The third-order valence-corrected chi connectivity index (χ3v) is 9.06. The normalized spacial score (nSPS) is 27.9. The minimum atomic E-state index is 0.174. The number of fused-ring (bicyclic) bond motifs is 2. The van der Waals surface area contributed by atoms with Gasteiger partial charge in [-0.25, -0.2) is 0 Å². The van der Waals surface area contributed by atoms with Crippen LogP contribution in [-0.2, 0) is 11.3 Å². The molecule has 2 aromatic rings. The summed E-state index contributed by atoms with van der Waals surface area (Å²) in [6.07, 6.45) is 9.23. The Balaban J connectivity index is 1.13. The number of benzene rings is 1. The van der Waals surface area contributed by atoms with Gasteiger partial charge in [-0.15, -0.1) is 0 Å². The molecular weight excluding hydrogens is 448 g/mol. The van der Waals surface area contributed by atoms with Crippen LogP contribution < -0.4 is 0 Å². The number of hydrogen-bond donors (Lipinski definition) is 0. The molecule has 190 valence electrons. The molecule has 1 aliphatic carbocycles. The van der Waals surface area contributed by atoms with E-state index < -0.39 is 0 Å². The van der Waals surface area contributed by atoms with Crippen LogP contribution in [0.25, 0.3) is 0 Å². The molecule has 2 amide bonds. The van der Waals surface area contributed by atoms with E-state index in [1.807, 2.05) is 26.0 Å². The summed E-state index contributed by atoms with van der Waals surface area (Å²) in [5.41, 5.74) is 3.87. The average molecular weight is 487 g/mol. The van der Waals surface area contributed by atoms with Crippen molar-refractivity contribution in [1.82, 2.24) is 19.7 Å². The van der Waals surface area contributed by atoms with Crippen molar-refractivity contribution >= 4 is 11.8 Å². The lowest BCUT2D eigenvalue weighted by atomic mass is 9.94. The molecule has 3 aliphatic heterocycles. The summed E-state index contributed by atoms with van der Waals surface area (Å²) in [4.78, 5) is 38.3. The van der Waals surface area contributed by atoms with Crippen LogP contribution in [0.3, 0.4) is 0 Å². The summed E-state index contributed by atoms with van der Waals surface area (Å²) in [5.74, 6) is 0.771. The molecule has 36 heavy (non-hydrogen) atoms. The standard InChI is InChI=1S/C30H38N4O2/c1-20-12-14-31-21(2)28(20)30(36)34-24-10-11-25(34)17-27(16-24)32-15-13-26(19-32)33(29(35)23-8-9-23)18-22-6-4-3-5-7-22/h3-7,12,14,23-27H,8-11,13,15-19H2,1-2H3/t24-,25+,26-,27?/m1/s1. The van der Waals surface area contributed by atoms with Gasteiger partial charge in [-0.05, 0) is 76.0 Å². The molecule has 3 saturated heterocycles. The van der Waals surface area contributed by atoms with Crippen molar-refractivity contribution in [2.75, 3.05) is 13.1 Å². The Morgan fingerprint density at radius 3 is 2.33 bits per heavy atom. The summed E-state index contributed by atoms with van der Waals surface area (Å²) in [6.45, 7) is 6.70. The van der Waals surface area contributed by atoms with Gasteiger partial charge in [0.1, 0.15) is 0 Å². The van der Waals surface area contributed by atoms with E-state index in [-0.39, 0.29) is 17.9 Å². The van der Waals surface area contributed by atoms with Crippen LogP contribution in [0.2, 0.25) is 0 Å². The predicted molar refractivity (Wildman–Crippen MR) is 139 cm³/mol. The number of pyridine rings is 1. The van der Waals surface area contributed by atoms with Crippen LogP contribution in [0.15, 0.2) is 42.6 Å². The molecule has 0 N–H and O–H groups in total. The van der Waals surface area contributed by atoms with Gasteiger partial charge in [0, 0.05) is 55.9 Å². The maximum Gasteiger partial charge on any atom is 0.256 e. The summed E-state index contributed by atoms with van der Waals surface area (Å²) < 4.78 is 0. The van der Waals surface area contributed by atoms with Gasteiger partial charge in [-0.1, -0.05) is 30.3 Å². The third-order valence-electron chi connectivity index (χ3n) is 9.06. The number of amides is 2. The lowest BCUT2D eigenvalue weighted by Crippen LogP contribution is -2.53. The van der Waals surface area contributed by atoms with Gasteiger partial charge in [-0.2, -0.15) is 0 Å². The second kappa shape index (κ2) is 9.62. The molecule has 6 heteroatoms. The number of aromatic nitrogens is 1. The smallest absolute Gasteiger partial charge is 0.256 e. The predicted octanol–water partition coefficient (Wildman–Crippen LogP) is 4.35. The van der Waals surface area contributed by atoms with Gasteiger partial charge >= 0.3 is 0 Å². The molecule has 1 aromatic heterocycles. The van der Waals surface area contributed by atoms with Crippen molar-refractivity contribution in [3.8, 4) is 0 Å². The van der Waals surface area contributed by atoms with E-state index in [1.54, 1.807) is 6.20 Å². The van der Waals surface area contributed by atoms with Gasteiger partial charge < -0.3 is 9.80 Å². The molecular formula is C30H38N4O2. The van der Waals surface area contributed by atoms with Crippen LogP contribution in [0, 0.1) is 19.8 Å². The number of carbonyl (C=O) groups is 2. The van der Waals surface area contributed by atoms with Crippen LogP contribution in [0.5, 0.6) is 0 Å². The molecule has 0 radical (unpaired) electrons. The largest absolute Gasteiger partial charge is 0.334 e. The second-order valence-corrected chi connectivity index (χ2v) is 11.5. The number of likely N-dealkylation sites (tertiary alicyclic amines) is 1. The Morgan fingerprint density at radius 2 is 1.67 bits per heavy atom. The number of hydrogen-bond acceptors (Lipinski definition) is 4. The van der Waals surface area contributed by atoms with Crippen molar-refractivity contribution in [2.45, 2.75) is 89.5 Å². The minimum absolute atomic E-state index is 0.174. The fraction of sp³-hybridized carbons (Fsp3) is 0.567. The topological polar surface area (TPSA) is 56.8 Å². The lowest BCUT2D eigenvalue weighted by Gasteiger charge is -2.42. The van der Waals surface area contributed by atoms with E-state index in [1.165, 1.54) is 5.56 Å². The van der Waals surface area contributed by atoms with E-state index in [9.17, 15) is 9.59 Å². The third kappa shape index (κ3) is 4.45. The van der Waals surface area contributed by atoms with Gasteiger partial charge in [0.15, 0.2) is 0 Å². The van der Waals surface area contributed by atoms with Crippen LogP contribution in [-0.4, -0.2) is 68.8 Å². The van der Waals surface area contributed by atoms with Crippen molar-refractivity contribution in [3.05, 3.63) is 65.0 Å². The Morgan fingerprint density at radius 1 is 0.944 bits per heavy atom. The molecule has 6 nitrogen and oxygen atoms in total. The van der Waals surface area contributed by atoms with Crippen LogP contribution in [0.1, 0.15) is 72.1 Å². The molecule has 1 unspecified atom stereocenters. The molecule has 4 atom stereocenters. The first-order valence-corrected chi connectivity index (χ1v) is 13.8. The van der Waals surface area contributed by atoms with E-state index in [4.69, 9.17) is 0 Å². The van der Waals surface area contributed by atoms with Crippen LogP contribution in [0.4, 0.5) is 0 Å². The summed E-state index contributed by atoms with van der Waals surface area (Å²) >= 11 is 0. The highest BCUT2D eigenvalue weighted by molar-refractivity contribution is 5.97. The van der Waals surface area contributed by atoms with Gasteiger partial charge in [0.05, 0.1) is 11.3 Å². The summed E-state index contributed by atoms with van der Waals surface area (Å²) in [7, 11) is 0. The molecule has 0 spiro atoms. The quantitative estimate of drug-likeness (QED) is 0.609. The Bertz CT molecular complexity index is 1100. The van der Waals surface area contributed by atoms with E-state index in [0.717, 1.165) is 81.4 Å². The number of piperidine rings is 1. The number of carbonyl (C=O) groups excluding carboxylic acids is 2. The van der Waals surface area contributed by atoms with Crippen molar-refractivity contribution in [2.24, 2.45) is 5.92 Å². The first-order chi connectivity index (χ1) is 17.5. The highest BCUT2D eigenvalue weighted by Crippen LogP contribution is 2.40. The molecule has 2 bridgehead atoms. The van der Waals surface area contributed by atoms with Gasteiger partial charge in [-0.3, -0.25) is 19.5 Å². The Labute approximate surface area is 214 Å². The zero-order valence-corrected chi connectivity index (χ0v) is 21.6. The highest BCUT2D eigenvalue weighted by Gasteiger charge is 2.47. The fourth-order valence-electron chi connectivity index (χ4n) is 7.01. The fourth-order valence-corrected chi connectivity index (χ4v) is 7.01. The Kier molecular flexibility index (Phi) is 6.32. The number of nitrogens with zero attached hydrogens (tertiary/aromatic N) is 4. The van der Waals surface area contributed by atoms with E-state index in [2.05, 4.69) is 43.9 Å². The van der Waals surface area contributed by atoms with Crippen molar-refractivity contribution in [3.63, 3.8) is 0 Å². The van der Waals surface area contributed by atoms with Gasteiger partial charge in [0.25, 0.3) is 5.91 Å². The Hall–Kier alpha value is -2.73. The molecule has 1 aromatic carbocycles. The molecule has 6 rings (SSSR count). The monoisotopic (exact) mass is 486 g/mol.